The largest absolute Gasteiger partial charge is 0.296 e. The highest BCUT2D eigenvalue weighted by atomic mass is 32.2. The number of hydrogen-bond acceptors (Lipinski definition) is 4. The summed E-state index contributed by atoms with van der Waals surface area (Å²) >= 11 is 0. The van der Waals surface area contributed by atoms with E-state index in [9.17, 15) is 18.0 Å². The standard InChI is InChI=1S/C17H22N2O4S/c1-13(14-8-4-2-5-9-14)19-24(22,23)11-7-3-6-10-15-12-16(20)18-17(15)21/h2-6,8-9,13,15,19H,7,10-12H2,1H3,(H,18,20,21)/b6-3+/t13-,15?/m1/s1. The lowest BCUT2D eigenvalue weighted by atomic mass is 10.0. The lowest BCUT2D eigenvalue weighted by molar-refractivity contribution is -0.125. The number of carbonyl (C=O) groups is 2. The average molecular weight is 350 g/mol. The van der Waals surface area contributed by atoms with Gasteiger partial charge in [0.25, 0.3) is 0 Å². The van der Waals surface area contributed by atoms with E-state index in [1.54, 1.807) is 19.1 Å². The highest BCUT2D eigenvalue weighted by Crippen LogP contribution is 2.16. The maximum absolute atomic E-state index is 12.1. The zero-order chi connectivity index (χ0) is 17.6. The van der Waals surface area contributed by atoms with Crippen LogP contribution in [0.2, 0.25) is 0 Å². The van der Waals surface area contributed by atoms with E-state index < -0.39 is 10.0 Å². The molecule has 1 fully saturated rings. The molecule has 1 heterocycles. The van der Waals surface area contributed by atoms with Gasteiger partial charge in [0.15, 0.2) is 0 Å². The molecule has 2 rings (SSSR count). The third-order valence-electron chi connectivity index (χ3n) is 3.86. The predicted molar refractivity (Wildman–Crippen MR) is 91.4 cm³/mol. The van der Waals surface area contributed by atoms with E-state index in [0.717, 1.165) is 5.56 Å². The molecule has 2 amide bonds. The van der Waals surface area contributed by atoms with Crippen LogP contribution < -0.4 is 10.0 Å². The molecule has 0 saturated carbocycles. The molecule has 0 spiro atoms. The van der Waals surface area contributed by atoms with Crippen LogP contribution in [0.5, 0.6) is 0 Å². The minimum atomic E-state index is -3.38. The number of rotatable bonds is 8. The Balaban J connectivity index is 1.75. The smallest absolute Gasteiger partial charge is 0.230 e. The van der Waals surface area contributed by atoms with Crippen molar-refractivity contribution in [3.63, 3.8) is 0 Å². The van der Waals surface area contributed by atoms with E-state index in [1.807, 2.05) is 30.3 Å². The zero-order valence-electron chi connectivity index (χ0n) is 13.6. The first-order valence-electron chi connectivity index (χ1n) is 7.91. The quantitative estimate of drug-likeness (QED) is 0.551. The molecular formula is C17H22N2O4S. The van der Waals surface area contributed by atoms with E-state index >= 15 is 0 Å². The molecule has 130 valence electrons. The van der Waals surface area contributed by atoms with Crippen LogP contribution in [0.4, 0.5) is 0 Å². The number of imide groups is 1. The Bertz CT molecular complexity index is 713. The summed E-state index contributed by atoms with van der Waals surface area (Å²) in [6, 6.07) is 9.09. The van der Waals surface area contributed by atoms with Crippen LogP contribution in [0.3, 0.4) is 0 Å². The first-order chi connectivity index (χ1) is 11.4. The summed E-state index contributed by atoms with van der Waals surface area (Å²) in [7, 11) is -3.38. The highest BCUT2D eigenvalue weighted by molar-refractivity contribution is 7.89. The fourth-order valence-electron chi connectivity index (χ4n) is 2.54. The highest BCUT2D eigenvalue weighted by Gasteiger charge is 2.29. The molecule has 0 radical (unpaired) electrons. The van der Waals surface area contributed by atoms with E-state index in [2.05, 4.69) is 10.0 Å². The topological polar surface area (TPSA) is 92.3 Å². The molecule has 2 N–H and O–H groups in total. The fraction of sp³-hybridized carbons (Fsp3) is 0.412. The molecule has 1 aromatic carbocycles. The van der Waals surface area contributed by atoms with Crippen molar-refractivity contribution in [1.82, 2.24) is 10.0 Å². The fourth-order valence-corrected chi connectivity index (χ4v) is 3.78. The van der Waals surface area contributed by atoms with Crippen LogP contribution in [-0.4, -0.2) is 26.0 Å². The number of benzene rings is 1. The first kappa shape index (κ1) is 18.4. The average Bonchev–Trinajstić information content (AvgIpc) is 2.85. The van der Waals surface area contributed by atoms with Crippen molar-refractivity contribution in [2.24, 2.45) is 5.92 Å². The molecule has 24 heavy (non-hydrogen) atoms. The SMILES string of the molecule is C[C@@H](NS(=O)(=O)CC/C=C/CC1CC(=O)NC1=O)c1ccccc1. The van der Waals surface area contributed by atoms with Crippen LogP contribution >= 0.6 is 0 Å². The lowest BCUT2D eigenvalue weighted by Gasteiger charge is -2.14. The van der Waals surface area contributed by atoms with Crippen LogP contribution in [0.15, 0.2) is 42.5 Å². The van der Waals surface area contributed by atoms with Crippen molar-refractivity contribution in [3.05, 3.63) is 48.0 Å². The van der Waals surface area contributed by atoms with Crippen LogP contribution in [0.1, 0.15) is 37.8 Å². The molecule has 1 saturated heterocycles. The third kappa shape index (κ3) is 5.58. The van der Waals surface area contributed by atoms with Gasteiger partial charge in [-0.3, -0.25) is 14.9 Å². The summed E-state index contributed by atoms with van der Waals surface area (Å²) in [6.45, 7) is 1.80. The van der Waals surface area contributed by atoms with Crippen LogP contribution in [-0.2, 0) is 19.6 Å². The van der Waals surface area contributed by atoms with Gasteiger partial charge in [0.1, 0.15) is 0 Å². The minimum absolute atomic E-state index is 0.0174. The second kappa shape index (κ2) is 8.21. The van der Waals surface area contributed by atoms with E-state index in [-0.39, 0.29) is 35.9 Å². The Labute approximate surface area is 142 Å². The lowest BCUT2D eigenvalue weighted by Crippen LogP contribution is -2.29. The van der Waals surface area contributed by atoms with Gasteiger partial charge >= 0.3 is 0 Å². The monoisotopic (exact) mass is 350 g/mol. The number of sulfonamides is 1. The minimum Gasteiger partial charge on any atom is -0.296 e. The molecule has 1 unspecified atom stereocenters. The maximum atomic E-state index is 12.1. The Morgan fingerprint density at radius 1 is 1.25 bits per heavy atom. The molecule has 2 atom stereocenters. The van der Waals surface area contributed by atoms with E-state index in [1.165, 1.54) is 0 Å². The second-order valence-corrected chi connectivity index (χ2v) is 7.75. The van der Waals surface area contributed by atoms with Gasteiger partial charge < -0.3 is 0 Å². The van der Waals surface area contributed by atoms with Crippen molar-refractivity contribution < 1.29 is 18.0 Å². The molecule has 1 aliphatic rings. The molecular weight excluding hydrogens is 328 g/mol. The Morgan fingerprint density at radius 3 is 2.58 bits per heavy atom. The maximum Gasteiger partial charge on any atom is 0.230 e. The van der Waals surface area contributed by atoms with E-state index in [4.69, 9.17) is 0 Å². The molecule has 6 nitrogen and oxygen atoms in total. The third-order valence-corrected chi connectivity index (χ3v) is 5.35. The Kier molecular flexibility index (Phi) is 6.28. The van der Waals surface area contributed by atoms with Gasteiger partial charge in [-0.2, -0.15) is 0 Å². The number of hydrogen-bond donors (Lipinski definition) is 2. The number of nitrogens with one attached hydrogen (secondary N) is 2. The zero-order valence-corrected chi connectivity index (χ0v) is 14.4. The van der Waals surface area contributed by atoms with Crippen molar-refractivity contribution >= 4 is 21.8 Å². The summed E-state index contributed by atoms with van der Waals surface area (Å²) in [5, 5.41) is 2.25. The Morgan fingerprint density at radius 2 is 1.96 bits per heavy atom. The molecule has 0 bridgehead atoms. The van der Waals surface area contributed by atoms with Gasteiger partial charge in [-0.1, -0.05) is 42.5 Å². The van der Waals surface area contributed by atoms with Gasteiger partial charge in [-0.25, -0.2) is 13.1 Å². The summed E-state index contributed by atoms with van der Waals surface area (Å²) < 4.78 is 26.8. The van der Waals surface area contributed by atoms with Crippen LogP contribution in [0.25, 0.3) is 0 Å². The van der Waals surface area contributed by atoms with Crippen molar-refractivity contribution in [1.29, 1.82) is 0 Å². The van der Waals surface area contributed by atoms with E-state index in [0.29, 0.717) is 12.8 Å². The molecule has 0 aromatic heterocycles. The number of allylic oxidation sites excluding steroid dienone is 2. The first-order valence-corrected chi connectivity index (χ1v) is 9.56. The molecule has 1 aliphatic heterocycles. The summed E-state index contributed by atoms with van der Waals surface area (Å²) in [5.41, 5.74) is 0.911. The van der Waals surface area contributed by atoms with Crippen LogP contribution in [0, 0.1) is 5.92 Å². The van der Waals surface area contributed by atoms with Crippen molar-refractivity contribution in [3.8, 4) is 0 Å². The summed E-state index contributed by atoms with van der Waals surface area (Å²) in [6.07, 6.45) is 4.52. The second-order valence-electron chi connectivity index (χ2n) is 5.88. The predicted octanol–water partition coefficient (Wildman–Crippen LogP) is 1.67. The molecule has 7 heteroatoms. The normalized spacial score (nSPS) is 19.6. The van der Waals surface area contributed by atoms with Gasteiger partial charge in [0.2, 0.25) is 21.8 Å². The molecule has 0 aliphatic carbocycles. The van der Waals surface area contributed by atoms with Gasteiger partial charge in [0.05, 0.1) is 11.7 Å². The van der Waals surface area contributed by atoms with Crippen molar-refractivity contribution in [2.75, 3.05) is 5.75 Å². The van der Waals surface area contributed by atoms with Gasteiger partial charge in [0, 0.05) is 12.5 Å². The summed E-state index contributed by atoms with van der Waals surface area (Å²) in [4.78, 5) is 22.5. The molecule has 1 aromatic rings. The van der Waals surface area contributed by atoms with Gasteiger partial charge in [-0.05, 0) is 25.3 Å². The Hall–Kier alpha value is -1.99. The number of amides is 2. The summed E-state index contributed by atoms with van der Waals surface area (Å²) in [5.74, 6) is -0.853. The van der Waals surface area contributed by atoms with Crippen molar-refractivity contribution in [2.45, 2.75) is 32.2 Å². The van der Waals surface area contributed by atoms with Gasteiger partial charge in [-0.15, -0.1) is 0 Å². The number of carbonyl (C=O) groups excluding carboxylic acids is 2.